The van der Waals surface area contributed by atoms with Crippen LogP contribution in [0.1, 0.15) is 50.8 Å². The van der Waals surface area contributed by atoms with E-state index in [1.54, 1.807) is 6.20 Å². The largest absolute Gasteiger partial charge is 0.489 e. The van der Waals surface area contributed by atoms with Crippen LogP contribution in [-0.4, -0.2) is 11.1 Å². The molecule has 0 aliphatic heterocycles. The topological polar surface area (TPSA) is 48.1 Å². The smallest absolute Gasteiger partial charge is 0.138 e. The third kappa shape index (κ3) is 2.73. The molecule has 1 unspecified atom stereocenters. The van der Waals surface area contributed by atoms with E-state index in [1.165, 1.54) is 25.7 Å². The number of rotatable bonds is 4. The highest BCUT2D eigenvalue weighted by Gasteiger charge is 2.16. The lowest BCUT2D eigenvalue weighted by atomic mass is 10.1. The van der Waals surface area contributed by atoms with Crippen LogP contribution >= 0.6 is 0 Å². The summed E-state index contributed by atoms with van der Waals surface area (Å²) in [5, 5.41) is 0. The van der Waals surface area contributed by atoms with E-state index in [4.69, 9.17) is 10.5 Å². The van der Waals surface area contributed by atoms with Gasteiger partial charge in [-0.15, -0.1) is 0 Å². The summed E-state index contributed by atoms with van der Waals surface area (Å²) in [4.78, 5) is 4.34. The van der Waals surface area contributed by atoms with E-state index in [0.717, 1.165) is 17.9 Å². The average Bonchev–Trinajstić information content (AvgIpc) is 2.82. The lowest BCUT2D eigenvalue weighted by Crippen LogP contribution is -2.13. The minimum Gasteiger partial charge on any atom is -0.489 e. The highest BCUT2D eigenvalue weighted by molar-refractivity contribution is 5.21. The molecule has 1 atom stereocenters. The minimum atomic E-state index is 0.0422. The van der Waals surface area contributed by atoms with Gasteiger partial charge in [-0.1, -0.05) is 6.92 Å². The van der Waals surface area contributed by atoms with Crippen LogP contribution in [-0.2, 0) is 0 Å². The van der Waals surface area contributed by atoms with Gasteiger partial charge in [0.25, 0.3) is 0 Å². The maximum Gasteiger partial charge on any atom is 0.138 e. The lowest BCUT2D eigenvalue weighted by molar-refractivity contribution is 0.209. The molecule has 3 nitrogen and oxygen atoms in total. The van der Waals surface area contributed by atoms with Gasteiger partial charge in [-0.2, -0.15) is 0 Å². The summed E-state index contributed by atoms with van der Waals surface area (Å²) in [6, 6.07) is 4.00. The Hall–Kier alpha value is -1.09. The molecular weight excluding hydrogens is 200 g/mol. The molecule has 1 aliphatic carbocycles. The predicted octanol–water partition coefficient (Wildman–Crippen LogP) is 2.81. The zero-order valence-corrected chi connectivity index (χ0v) is 9.86. The van der Waals surface area contributed by atoms with Crippen LogP contribution in [0, 0.1) is 0 Å². The second kappa shape index (κ2) is 5.30. The third-order valence-corrected chi connectivity index (χ3v) is 3.18. The van der Waals surface area contributed by atoms with Crippen LogP contribution in [0.2, 0.25) is 0 Å². The number of ether oxygens (including phenoxy) is 1. The van der Waals surface area contributed by atoms with E-state index in [9.17, 15) is 0 Å². The van der Waals surface area contributed by atoms with Crippen LogP contribution in [0.5, 0.6) is 5.75 Å². The summed E-state index contributed by atoms with van der Waals surface area (Å²) < 4.78 is 5.84. The van der Waals surface area contributed by atoms with Crippen molar-refractivity contribution in [2.75, 3.05) is 0 Å². The number of nitrogens with zero attached hydrogens (tertiary/aromatic N) is 1. The van der Waals surface area contributed by atoms with Crippen LogP contribution in [0.4, 0.5) is 0 Å². The van der Waals surface area contributed by atoms with Gasteiger partial charge < -0.3 is 10.5 Å². The number of hydrogen-bond donors (Lipinski definition) is 1. The molecule has 16 heavy (non-hydrogen) atoms. The van der Waals surface area contributed by atoms with Gasteiger partial charge in [-0.3, -0.25) is 4.98 Å². The summed E-state index contributed by atoms with van der Waals surface area (Å²) in [6.07, 6.45) is 8.03. The van der Waals surface area contributed by atoms with Crippen LogP contribution in [0.25, 0.3) is 0 Å². The Morgan fingerprint density at radius 2 is 2.19 bits per heavy atom. The second-order valence-corrected chi connectivity index (χ2v) is 4.46. The van der Waals surface area contributed by atoms with Crippen molar-refractivity contribution in [2.24, 2.45) is 5.73 Å². The molecule has 0 bridgehead atoms. The molecule has 2 rings (SSSR count). The monoisotopic (exact) mass is 220 g/mol. The molecular formula is C13H20N2O. The van der Waals surface area contributed by atoms with Crippen molar-refractivity contribution in [3.05, 3.63) is 24.0 Å². The Kier molecular flexibility index (Phi) is 3.78. The summed E-state index contributed by atoms with van der Waals surface area (Å²) in [7, 11) is 0. The summed E-state index contributed by atoms with van der Waals surface area (Å²) in [5.41, 5.74) is 6.85. The molecule has 2 N–H and O–H groups in total. The summed E-state index contributed by atoms with van der Waals surface area (Å²) >= 11 is 0. The number of nitrogens with two attached hydrogens (primary N) is 1. The maximum atomic E-state index is 5.90. The van der Waals surface area contributed by atoms with E-state index in [1.807, 2.05) is 12.1 Å². The molecule has 1 heterocycles. The first-order valence-electron chi connectivity index (χ1n) is 6.17. The normalized spacial score (nSPS) is 18.6. The second-order valence-electron chi connectivity index (χ2n) is 4.46. The molecule has 1 aromatic rings. The molecule has 0 spiro atoms. The van der Waals surface area contributed by atoms with Crippen molar-refractivity contribution < 1.29 is 4.74 Å². The van der Waals surface area contributed by atoms with Gasteiger partial charge >= 0.3 is 0 Å². The van der Waals surface area contributed by atoms with Gasteiger partial charge in [-0.05, 0) is 44.2 Å². The van der Waals surface area contributed by atoms with Crippen molar-refractivity contribution in [2.45, 2.75) is 51.2 Å². The average molecular weight is 220 g/mol. The first kappa shape index (κ1) is 11.4. The van der Waals surface area contributed by atoms with Crippen molar-refractivity contribution in [3.8, 4) is 5.75 Å². The molecule has 0 aromatic carbocycles. The van der Waals surface area contributed by atoms with Crippen molar-refractivity contribution in [3.63, 3.8) is 0 Å². The molecule has 1 aromatic heterocycles. The number of hydrogen-bond acceptors (Lipinski definition) is 3. The van der Waals surface area contributed by atoms with Crippen molar-refractivity contribution in [1.82, 2.24) is 4.98 Å². The fourth-order valence-electron chi connectivity index (χ4n) is 2.09. The van der Waals surface area contributed by atoms with E-state index >= 15 is 0 Å². The van der Waals surface area contributed by atoms with Crippen molar-refractivity contribution >= 4 is 0 Å². The Labute approximate surface area is 97.0 Å². The Bertz CT molecular complexity index is 317. The molecule has 0 radical (unpaired) electrons. The first-order chi connectivity index (χ1) is 7.79. The molecule has 88 valence electrons. The van der Waals surface area contributed by atoms with E-state index < -0.39 is 0 Å². The van der Waals surface area contributed by atoms with Gasteiger partial charge in [-0.25, -0.2) is 0 Å². The van der Waals surface area contributed by atoms with Crippen molar-refractivity contribution in [1.29, 1.82) is 0 Å². The lowest BCUT2D eigenvalue weighted by Gasteiger charge is -2.13. The zero-order valence-electron chi connectivity index (χ0n) is 9.86. The minimum absolute atomic E-state index is 0.0422. The Morgan fingerprint density at radius 1 is 1.44 bits per heavy atom. The van der Waals surface area contributed by atoms with Crippen LogP contribution in [0.15, 0.2) is 18.3 Å². The SMILES string of the molecule is CCC(N)c1ccc(OC2CCCC2)cn1. The van der Waals surface area contributed by atoms with Crippen LogP contribution in [0.3, 0.4) is 0 Å². The summed E-state index contributed by atoms with van der Waals surface area (Å²) in [6.45, 7) is 2.06. The van der Waals surface area contributed by atoms with E-state index in [0.29, 0.717) is 6.10 Å². The molecule has 0 amide bonds. The van der Waals surface area contributed by atoms with Crippen LogP contribution < -0.4 is 10.5 Å². The van der Waals surface area contributed by atoms with Gasteiger partial charge in [0.1, 0.15) is 5.75 Å². The van der Waals surface area contributed by atoms with E-state index in [2.05, 4.69) is 11.9 Å². The highest BCUT2D eigenvalue weighted by Crippen LogP contribution is 2.24. The fraction of sp³-hybridized carbons (Fsp3) is 0.615. The van der Waals surface area contributed by atoms with E-state index in [-0.39, 0.29) is 6.04 Å². The Balaban J connectivity index is 1.96. The van der Waals surface area contributed by atoms with Gasteiger partial charge in [0.2, 0.25) is 0 Å². The highest BCUT2D eigenvalue weighted by atomic mass is 16.5. The summed E-state index contributed by atoms with van der Waals surface area (Å²) in [5.74, 6) is 0.874. The molecule has 1 saturated carbocycles. The fourth-order valence-corrected chi connectivity index (χ4v) is 2.09. The first-order valence-corrected chi connectivity index (χ1v) is 6.17. The van der Waals surface area contributed by atoms with Gasteiger partial charge in [0.15, 0.2) is 0 Å². The Morgan fingerprint density at radius 3 is 2.75 bits per heavy atom. The van der Waals surface area contributed by atoms with Gasteiger partial charge in [0, 0.05) is 6.04 Å². The maximum absolute atomic E-state index is 5.90. The number of pyridine rings is 1. The zero-order chi connectivity index (χ0) is 11.4. The molecule has 0 saturated heterocycles. The predicted molar refractivity (Wildman–Crippen MR) is 64.3 cm³/mol. The quantitative estimate of drug-likeness (QED) is 0.848. The molecule has 3 heteroatoms. The third-order valence-electron chi connectivity index (χ3n) is 3.18. The molecule has 1 aliphatic rings. The van der Waals surface area contributed by atoms with Gasteiger partial charge in [0.05, 0.1) is 18.0 Å². The number of aromatic nitrogens is 1. The molecule has 1 fully saturated rings. The standard InChI is InChI=1S/C13H20N2O/c1-2-12(14)13-8-7-11(9-15-13)16-10-5-3-4-6-10/h7-10,12H,2-6,14H2,1H3.